The van der Waals surface area contributed by atoms with Crippen molar-refractivity contribution in [1.29, 1.82) is 0 Å². The van der Waals surface area contributed by atoms with Crippen LogP contribution in [0.1, 0.15) is 0 Å². The minimum Gasteiger partial charge on any atom is -0.856 e. The van der Waals surface area contributed by atoms with E-state index in [9.17, 15) is 4.89 Å². The van der Waals surface area contributed by atoms with Crippen molar-refractivity contribution in [3.05, 3.63) is 0 Å². The van der Waals surface area contributed by atoms with E-state index in [2.05, 4.69) is 36.3 Å². The molecule has 0 aliphatic rings. The molecule has 0 radical (unpaired) electrons. The van der Waals surface area contributed by atoms with Crippen LogP contribution in [0.2, 0.25) is 0 Å². The summed E-state index contributed by atoms with van der Waals surface area (Å²) in [7, 11) is 0. The maximum Gasteiger partial charge on any atom is 1.00 e. The van der Waals surface area contributed by atoms with Gasteiger partial charge in [0, 0.05) is 0 Å². The molecule has 8 heteroatoms. The molecule has 1 nitrogen and oxygen atoms in total. The van der Waals surface area contributed by atoms with Gasteiger partial charge in [-0.15, -0.1) is 0 Å². The molecule has 0 N–H and O–H groups in total. The Labute approximate surface area is 193 Å². The summed E-state index contributed by atoms with van der Waals surface area (Å²) in [5, 5.41) is 0. The molecule has 0 spiro atoms. The minimum absolute atomic E-state index is 0. The number of hydrogen-bond acceptors (Lipinski definition) is 4. The van der Waals surface area contributed by atoms with E-state index in [-0.39, 0.29) is 154 Å². The molecular formula is K3OPS3. The fourth-order valence-corrected chi connectivity index (χ4v) is 0. The fourth-order valence-electron chi connectivity index (χ4n) is 0. The normalized spacial score (nSPS) is 7.38. The molecule has 0 aliphatic carbocycles. The van der Waals surface area contributed by atoms with Gasteiger partial charge in [0.1, 0.15) is 0 Å². The van der Waals surface area contributed by atoms with Crippen LogP contribution in [-0.2, 0) is 36.3 Å². The zero-order chi connectivity index (χ0) is 4.50. The van der Waals surface area contributed by atoms with Crippen LogP contribution in [0.15, 0.2) is 0 Å². The van der Waals surface area contributed by atoms with Gasteiger partial charge in [-0.1, -0.05) is 0 Å². The van der Waals surface area contributed by atoms with Crippen molar-refractivity contribution in [2.45, 2.75) is 0 Å². The molecule has 0 aliphatic heterocycles. The van der Waals surface area contributed by atoms with Gasteiger partial charge < -0.3 is 34.1 Å². The first-order chi connectivity index (χ1) is 2.00. The molecule has 0 fully saturated rings. The van der Waals surface area contributed by atoms with Gasteiger partial charge in [0.15, 0.2) is 0 Å². The number of hydrogen-bond donors (Lipinski definition) is 0. The van der Waals surface area contributed by atoms with Gasteiger partial charge in [0.2, 0.25) is 0 Å². The quantitative estimate of drug-likeness (QED) is 0.245. The van der Waals surface area contributed by atoms with Gasteiger partial charge in [-0.05, 0) is 0 Å². The van der Waals surface area contributed by atoms with E-state index in [1.165, 1.54) is 0 Å². The second-order valence-corrected chi connectivity index (χ2v) is 8.05. The molecule has 0 aromatic carbocycles. The van der Waals surface area contributed by atoms with E-state index in [4.69, 9.17) is 0 Å². The van der Waals surface area contributed by atoms with E-state index in [0.717, 1.165) is 0 Å². The first-order valence-electron chi connectivity index (χ1n) is 0.730. The summed E-state index contributed by atoms with van der Waals surface area (Å²) in [4.78, 5) is 9.66. The summed E-state index contributed by atoms with van der Waals surface area (Å²) < 4.78 is -2.89. The van der Waals surface area contributed by atoms with Gasteiger partial charge in [0.05, 0.1) is 0 Å². The molecule has 0 atom stereocenters. The number of rotatable bonds is 0. The van der Waals surface area contributed by atoms with Crippen LogP contribution in [0.3, 0.4) is 0 Å². The first-order valence-corrected chi connectivity index (χ1v) is 5.48. The summed E-state index contributed by atoms with van der Waals surface area (Å²) >= 11 is 12.0. The Hall–Kier alpha value is 6.22. The van der Waals surface area contributed by atoms with Crippen molar-refractivity contribution in [1.82, 2.24) is 0 Å². The van der Waals surface area contributed by atoms with Crippen molar-refractivity contribution < 1.29 is 159 Å². The minimum atomic E-state index is -2.89. The van der Waals surface area contributed by atoms with Gasteiger partial charge in [-0.3, -0.25) is 0 Å². The average molecular weight is 260 g/mol. The standard InChI is InChI=1S/3K.H3OPS3/c;;;1-2(3,4)5/h;;;(H3,1,3,4,5)/q3*+1;/p-3. The zero-order valence-electron chi connectivity index (χ0n) is 5.08. The molecule has 0 bridgehead atoms. The van der Waals surface area contributed by atoms with E-state index < -0.39 is 4.67 Å². The molecule has 0 rings (SSSR count). The van der Waals surface area contributed by atoms with Crippen molar-refractivity contribution >= 4 is 41.0 Å². The van der Waals surface area contributed by atoms with Crippen LogP contribution < -0.4 is 159 Å². The maximum absolute atomic E-state index is 9.66. The molecule has 0 saturated heterocycles. The van der Waals surface area contributed by atoms with Crippen molar-refractivity contribution in [2.75, 3.05) is 0 Å². The third-order valence-corrected chi connectivity index (χ3v) is 0. The topological polar surface area (TPSA) is 23.1 Å². The Morgan fingerprint density at radius 2 is 1.12 bits per heavy atom. The van der Waals surface area contributed by atoms with Crippen LogP contribution in [-0.4, -0.2) is 0 Å². The van der Waals surface area contributed by atoms with E-state index in [1.54, 1.807) is 0 Å². The molecule has 32 valence electrons. The van der Waals surface area contributed by atoms with Gasteiger partial charge in [0.25, 0.3) is 0 Å². The van der Waals surface area contributed by atoms with E-state index in [1.807, 2.05) is 0 Å². The summed E-state index contributed by atoms with van der Waals surface area (Å²) in [6, 6.07) is 0. The Bertz CT molecular complexity index is 60.7. The molecule has 8 heavy (non-hydrogen) atoms. The van der Waals surface area contributed by atoms with Gasteiger partial charge >= 0.3 is 154 Å². The fraction of sp³-hybridized carbons (Fsp3) is 0. The van der Waals surface area contributed by atoms with Gasteiger partial charge in [-0.2, -0.15) is 11.8 Å². The summed E-state index contributed by atoms with van der Waals surface area (Å²) in [5.41, 5.74) is 0. The molecular weight excluding hydrogens is 260 g/mol. The summed E-state index contributed by atoms with van der Waals surface area (Å²) in [5.74, 6) is 0. The molecule has 0 saturated carbocycles. The summed E-state index contributed by atoms with van der Waals surface area (Å²) in [6.45, 7) is 0. The molecule has 0 aromatic rings. The SMILES string of the molecule is [K+].[K+].[K+].[O-]P(=S)([S-])[S-]. The van der Waals surface area contributed by atoms with Crippen molar-refractivity contribution in [3.63, 3.8) is 0 Å². The smallest absolute Gasteiger partial charge is 0.856 e. The third kappa shape index (κ3) is 39.8. The average Bonchev–Trinajstić information content (AvgIpc) is 0.722. The second kappa shape index (κ2) is 13.2. The molecule has 0 aromatic heterocycles. The molecule has 0 heterocycles. The monoisotopic (exact) mass is 260 g/mol. The van der Waals surface area contributed by atoms with Crippen LogP contribution >= 0.6 is 4.67 Å². The van der Waals surface area contributed by atoms with Crippen molar-refractivity contribution in [3.8, 4) is 0 Å². The largest absolute Gasteiger partial charge is 1.00 e. The van der Waals surface area contributed by atoms with Crippen LogP contribution in [0, 0.1) is 0 Å². The van der Waals surface area contributed by atoms with E-state index >= 15 is 0 Å². The summed E-state index contributed by atoms with van der Waals surface area (Å²) in [6.07, 6.45) is 0. The Kier molecular flexibility index (Phi) is 39.3. The third-order valence-electron chi connectivity index (χ3n) is 0. The van der Waals surface area contributed by atoms with Crippen LogP contribution in [0.25, 0.3) is 0 Å². The zero-order valence-corrected chi connectivity index (χ0v) is 17.8. The molecule has 0 unspecified atom stereocenters. The molecule has 0 amide bonds. The van der Waals surface area contributed by atoms with E-state index in [0.29, 0.717) is 0 Å². The van der Waals surface area contributed by atoms with Crippen molar-refractivity contribution in [2.24, 2.45) is 0 Å². The Morgan fingerprint density at radius 1 is 1.12 bits per heavy atom. The first kappa shape index (κ1) is 23.8. The van der Waals surface area contributed by atoms with Crippen LogP contribution in [0.5, 0.6) is 0 Å². The maximum atomic E-state index is 9.66. The predicted molar refractivity (Wildman–Crippen MR) is 29.0 cm³/mol. The second-order valence-electron chi connectivity index (χ2n) is 0.447. The van der Waals surface area contributed by atoms with Crippen LogP contribution in [0.4, 0.5) is 0 Å². The Morgan fingerprint density at radius 3 is 1.12 bits per heavy atom. The van der Waals surface area contributed by atoms with Gasteiger partial charge in [-0.25, -0.2) is 0 Å². The Balaban J connectivity index is -0.0000000267. The predicted octanol–water partition coefficient (Wildman–Crippen LogP) is -9.32.